The van der Waals surface area contributed by atoms with E-state index in [2.05, 4.69) is 17.4 Å². The van der Waals surface area contributed by atoms with Crippen molar-refractivity contribution in [3.05, 3.63) is 35.9 Å². The van der Waals surface area contributed by atoms with Gasteiger partial charge in [-0.3, -0.25) is 4.79 Å². The van der Waals surface area contributed by atoms with Crippen LogP contribution in [0, 0.1) is 0 Å². The van der Waals surface area contributed by atoms with Crippen LogP contribution in [0.1, 0.15) is 17.9 Å². The molecule has 0 spiro atoms. The molecule has 0 radical (unpaired) electrons. The number of hydrogen-bond donors (Lipinski definition) is 1. The molecule has 3 nitrogen and oxygen atoms in total. The molecule has 16 heavy (non-hydrogen) atoms. The molecule has 1 aromatic carbocycles. The molecule has 1 fully saturated rings. The van der Waals surface area contributed by atoms with E-state index in [0.717, 1.165) is 13.0 Å². The normalized spacial score (nSPS) is 23.6. The molecule has 1 heterocycles. The van der Waals surface area contributed by atoms with Gasteiger partial charge in [-0.25, -0.2) is 0 Å². The van der Waals surface area contributed by atoms with Gasteiger partial charge in [0.2, 0.25) is 0 Å². The van der Waals surface area contributed by atoms with Crippen LogP contribution in [0.25, 0.3) is 0 Å². The highest BCUT2D eigenvalue weighted by Crippen LogP contribution is 2.27. The molecule has 88 valence electrons. The molecule has 1 N–H and O–H groups in total. The summed E-state index contributed by atoms with van der Waals surface area (Å²) in [6, 6.07) is 9.93. The number of ether oxygens (including phenoxy) is 1. The molecular formula is C12H16ClNO2. The van der Waals surface area contributed by atoms with E-state index in [4.69, 9.17) is 4.74 Å². The Hall–Kier alpha value is -1.06. The van der Waals surface area contributed by atoms with Crippen molar-refractivity contribution in [2.45, 2.75) is 18.4 Å². The SMILES string of the molecule is COC(=O)[C@H]1NCCC1c1ccccc1.Cl. The first-order valence-corrected chi connectivity index (χ1v) is 5.19. The minimum atomic E-state index is -0.183. The van der Waals surface area contributed by atoms with Gasteiger partial charge in [0.15, 0.2) is 0 Å². The minimum Gasteiger partial charge on any atom is -0.468 e. The third-order valence-electron chi connectivity index (χ3n) is 2.90. The number of halogens is 1. The van der Waals surface area contributed by atoms with E-state index >= 15 is 0 Å². The largest absolute Gasteiger partial charge is 0.468 e. The van der Waals surface area contributed by atoms with Gasteiger partial charge in [0, 0.05) is 5.92 Å². The molecule has 4 heteroatoms. The molecule has 0 aliphatic carbocycles. The molecular weight excluding hydrogens is 226 g/mol. The highest BCUT2D eigenvalue weighted by atomic mass is 35.5. The Balaban J connectivity index is 0.00000128. The Morgan fingerprint density at radius 2 is 2.06 bits per heavy atom. The van der Waals surface area contributed by atoms with Crippen LogP contribution in [0.2, 0.25) is 0 Å². The van der Waals surface area contributed by atoms with E-state index in [9.17, 15) is 4.79 Å². The number of nitrogens with one attached hydrogen (secondary N) is 1. The Kier molecular flexibility index (Phi) is 4.77. The van der Waals surface area contributed by atoms with Crippen LogP contribution >= 0.6 is 12.4 Å². The van der Waals surface area contributed by atoms with Gasteiger partial charge in [0.25, 0.3) is 0 Å². The number of esters is 1. The van der Waals surface area contributed by atoms with E-state index in [1.807, 2.05) is 18.2 Å². The maximum Gasteiger partial charge on any atom is 0.323 e. The zero-order valence-electron chi connectivity index (χ0n) is 9.18. The smallest absolute Gasteiger partial charge is 0.323 e. The third-order valence-corrected chi connectivity index (χ3v) is 2.90. The molecule has 1 aliphatic heterocycles. The van der Waals surface area contributed by atoms with Crippen LogP contribution < -0.4 is 5.32 Å². The Morgan fingerprint density at radius 1 is 1.38 bits per heavy atom. The summed E-state index contributed by atoms with van der Waals surface area (Å²) < 4.78 is 4.78. The topological polar surface area (TPSA) is 38.3 Å². The first kappa shape index (κ1) is 13.0. The summed E-state index contributed by atoms with van der Waals surface area (Å²) in [5.41, 5.74) is 1.21. The third kappa shape index (κ3) is 2.54. The Morgan fingerprint density at radius 3 is 2.69 bits per heavy atom. The molecule has 0 aromatic heterocycles. The maximum atomic E-state index is 11.5. The van der Waals surface area contributed by atoms with Crippen molar-refractivity contribution < 1.29 is 9.53 Å². The summed E-state index contributed by atoms with van der Waals surface area (Å²) in [7, 11) is 1.43. The van der Waals surface area contributed by atoms with Crippen molar-refractivity contribution in [1.29, 1.82) is 0 Å². The van der Waals surface area contributed by atoms with E-state index in [-0.39, 0.29) is 30.3 Å². The fourth-order valence-electron chi connectivity index (χ4n) is 2.14. The average Bonchev–Trinajstić information content (AvgIpc) is 2.78. The molecule has 0 saturated carbocycles. The van der Waals surface area contributed by atoms with Crippen molar-refractivity contribution >= 4 is 18.4 Å². The van der Waals surface area contributed by atoms with Gasteiger partial charge < -0.3 is 10.1 Å². The average molecular weight is 242 g/mol. The number of rotatable bonds is 2. The second-order valence-corrected chi connectivity index (χ2v) is 3.76. The fraction of sp³-hybridized carbons (Fsp3) is 0.417. The quantitative estimate of drug-likeness (QED) is 0.802. The lowest BCUT2D eigenvalue weighted by atomic mass is 9.92. The molecule has 0 bridgehead atoms. The standard InChI is InChI=1S/C12H15NO2.ClH/c1-15-12(14)11-10(7-8-13-11)9-5-3-2-4-6-9;/h2-6,10-11,13H,7-8H2,1H3;1H/t10?,11-;/m0./s1. The van der Waals surface area contributed by atoms with Gasteiger partial charge in [-0.2, -0.15) is 0 Å². The van der Waals surface area contributed by atoms with Gasteiger partial charge in [0.1, 0.15) is 6.04 Å². The number of hydrogen-bond acceptors (Lipinski definition) is 3. The number of methoxy groups -OCH3 is 1. The van der Waals surface area contributed by atoms with Gasteiger partial charge in [-0.1, -0.05) is 30.3 Å². The summed E-state index contributed by atoms with van der Waals surface area (Å²) in [6.45, 7) is 0.874. The zero-order valence-corrected chi connectivity index (χ0v) is 10.00. The molecule has 1 aromatic rings. The van der Waals surface area contributed by atoms with Gasteiger partial charge in [-0.15, -0.1) is 12.4 Å². The van der Waals surface area contributed by atoms with Crippen molar-refractivity contribution in [2.24, 2.45) is 0 Å². The predicted molar refractivity (Wildman–Crippen MR) is 64.9 cm³/mol. The Bertz CT molecular complexity index is 342. The van der Waals surface area contributed by atoms with Crippen molar-refractivity contribution in [3.8, 4) is 0 Å². The lowest BCUT2D eigenvalue weighted by molar-refractivity contribution is -0.143. The molecule has 1 unspecified atom stereocenters. The summed E-state index contributed by atoms with van der Waals surface area (Å²) in [6.07, 6.45) is 0.990. The van der Waals surface area contributed by atoms with E-state index in [0.29, 0.717) is 0 Å². The van der Waals surface area contributed by atoms with Crippen LogP contribution in [0.5, 0.6) is 0 Å². The van der Waals surface area contributed by atoms with E-state index in [1.54, 1.807) is 0 Å². The van der Waals surface area contributed by atoms with Crippen LogP contribution in [-0.2, 0) is 9.53 Å². The van der Waals surface area contributed by atoms with Crippen LogP contribution in [0.4, 0.5) is 0 Å². The molecule has 1 aliphatic rings. The van der Waals surface area contributed by atoms with Crippen LogP contribution in [-0.4, -0.2) is 25.7 Å². The molecule has 2 rings (SSSR count). The second kappa shape index (κ2) is 5.87. The van der Waals surface area contributed by atoms with Crippen LogP contribution in [0.3, 0.4) is 0 Å². The fourth-order valence-corrected chi connectivity index (χ4v) is 2.14. The lowest BCUT2D eigenvalue weighted by Gasteiger charge is -2.17. The Labute approximate surface area is 102 Å². The van der Waals surface area contributed by atoms with Crippen molar-refractivity contribution in [3.63, 3.8) is 0 Å². The van der Waals surface area contributed by atoms with E-state index < -0.39 is 0 Å². The van der Waals surface area contributed by atoms with Gasteiger partial charge in [-0.05, 0) is 18.5 Å². The number of carbonyl (C=O) groups excluding carboxylic acids is 1. The maximum absolute atomic E-state index is 11.5. The molecule has 0 amide bonds. The van der Waals surface area contributed by atoms with Crippen molar-refractivity contribution in [2.75, 3.05) is 13.7 Å². The highest BCUT2D eigenvalue weighted by molar-refractivity contribution is 5.85. The first-order chi connectivity index (χ1) is 7.33. The summed E-state index contributed by atoms with van der Waals surface area (Å²) in [5.74, 6) is 0.0833. The first-order valence-electron chi connectivity index (χ1n) is 5.19. The lowest BCUT2D eigenvalue weighted by Crippen LogP contribution is -2.35. The summed E-state index contributed by atoms with van der Waals surface area (Å²) >= 11 is 0. The second-order valence-electron chi connectivity index (χ2n) is 3.76. The van der Waals surface area contributed by atoms with Gasteiger partial charge >= 0.3 is 5.97 Å². The number of benzene rings is 1. The van der Waals surface area contributed by atoms with Crippen molar-refractivity contribution in [1.82, 2.24) is 5.32 Å². The minimum absolute atomic E-state index is 0. The summed E-state index contributed by atoms with van der Waals surface area (Å²) in [5, 5.41) is 3.18. The molecule has 2 atom stereocenters. The summed E-state index contributed by atoms with van der Waals surface area (Å²) in [4.78, 5) is 11.5. The van der Waals surface area contributed by atoms with E-state index in [1.165, 1.54) is 12.7 Å². The van der Waals surface area contributed by atoms with Crippen LogP contribution in [0.15, 0.2) is 30.3 Å². The van der Waals surface area contributed by atoms with Gasteiger partial charge in [0.05, 0.1) is 7.11 Å². The highest BCUT2D eigenvalue weighted by Gasteiger charge is 2.34. The number of carbonyl (C=O) groups is 1. The monoisotopic (exact) mass is 241 g/mol. The predicted octanol–water partition coefficient (Wildman–Crippen LogP) is 1.73. The molecule has 1 saturated heterocycles. The zero-order chi connectivity index (χ0) is 10.7.